The summed E-state index contributed by atoms with van der Waals surface area (Å²) in [6, 6.07) is 5.83. The van der Waals surface area contributed by atoms with Crippen molar-refractivity contribution in [1.29, 1.82) is 0 Å². The highest BCUT2D eigenvalue weighted by molar-refractivity contribution is 5.78. The molecule has 0 radical (unpaired) electrons. The Balaban J connectivity index is 1.84. The van der Waals surface area contributed by atoms with Crippen molar-refractivity contribution in [2.24, 2.45) is 0 Å². The topological polar surface area (TPSA) is 59.1 Å². The Labute approximate surface area is 149 Å². The molecule has 138 valence electrons. The summed E-state index contributed by atoms with van der Waals surface area (Å²) in [6.07, 6.45) is 1.17. The van der Waals surface area contributed by atoms with Gasteiger partial charge in [-0.05, 0) is 37.5 Å². The zero-order chi connectivity index (χ0) is 18.2. The molecular weight excluding hydrogens is 320 g/mol. The Morgan fingerprint density at radius 3 is 2.40 bits per heavy atom. The van der Waals surface area contributed by atoms with Crippen LogP contribution in [-0.4, -0.2) is 68.1 Å². The van der Waals surface area contributed by atoms with E-state index in [1.165, 1.54) is 0 Å². The van der Waals surface area contributed by atoms with Crippen LogP contribution in [0.3, 0.4) is 0 Å². The number of ether oxygens (including phenoxy) is 2. The first-order valence-electron chi connectivity index (χ1n) is 8.76. The average Bonchev–Trinajstić information content (AvgIpc) is 2.87. The largest absolute Gasteiger partial charge is 0.483 e. The third kappa shape index (κ3) is 5.46. The summed E-state index contributed by atoms with van der Waals surface area (Å²) < 4.78 is 10.7. The Morgan fingerprint density at radius 2 is 1.72 bits per heavy atom. The summed E-state index contributed by atoms with van der Waals surface area (Å²) in [5, 5.41) is 0. The summed E-state index contributed by atoms with van der Waals surface area (Å²) in [5.41, 5.74) is 2.20. The van der Waals surface area contributed by atoms with E-state index in [1.807, 2.05) is 36.9 Å². The second-order valence-corrected chi connectivity index (χ2v) is 6.34. The third-order valence-corrected chi connectivity index (χ3v) is 4.63. The van der Waals surface area contributed by atoms with E-state index in [9.17, 15) is 9.59 Å². The highest BCUT2D eigenvalue weighted by Crippen LogP contribution is 2.20. The molecule has 0 N–H and O–H groups in total. The number of methoxy groups -OCH3 is 1. The first kappa shape index (κ1) is 19.2. The quantitative estimate of drug-likeness (QED) is 0.786. The number of benzene rings is 1. The van der Waals surface area contributed by atoms with Crippen LogP contribution in [0.2, 0.25) is 0 Å². The van der Waals surface area contributed by atoms with Crippen LogP contribution in [0.5, 0.6) is 5.75 Å². The normalized spacial score (nSPS) is 15.0. The number of aryl methyl sites for hydroxylation is 1. The first-order chi connectivity index (χ1) is 12.0. The fourth-order valence-electron chi connectivity index (χ4n) is 2.88. The summed E-state index contributed by atoms with van der Waals surface area (Å²) in [4.78, 5) is 28.1. The SMILES string of the molecule is COCCC(=O)N1CCCN(C(=O)COc2cccc(C)c2C)CC1. The average molecular weight is 348 g/mol. The lowest BCUT2D eigenvalue weighted by Crippen LogP contribution is -2.39. The fraction of sp³-hybridized carbons (Fsp3) is 0.579. The van der Waals surface area contributed by atoms with E-state index < -0.39 is 0 Å². The van der Waals surface area contributed by atoms with Gasteiger partial charge in [-0.1, -0.05) is 12.1 Å². The van der Waals surface area contributed by atoms with Crippen LogP contribution in [0.15, 0.2) is 18.2 Å². The Bertz CT molecular complexity index is 603. The van der Waals surface area contributed by atoms with Crippen LogP contribution in [0.4, 0.5) is 0 Å². The molecule has 0 unspecified atom stereocenters. The number of carbonyl (C=O) groups is 2. The molecule has 2 amide bonds. The summed E-state index contributed by atoms with van der Waals surface area (Å²) >= 11 is 0. The summed E-state index contributed by atoms with van der Waals surface area (Å²) in [6.45, 7) is 6.93. The highest BCUT2D eigenvalue weighted by Gasteiger charge is 2.22. The Hall–Kier alpha value is -2.08. The van der Waals surface area contributed by atoms with Crippen LogP contribution in [-0.2, 0) is 14.3 Å². The van der Waals surface area contributed by atoms with Crippen molar-refractivity contribution in [3.63, 3.8) is 0 Å². The van der Waals surface area contributed by atoms with E-state index in [0.29, 0.717) is 39.2 Å². The summed E-state index contributed by atoms with van der Waals surface area (Å²) in [7, 11) is 1.59. The van der Waals surface area contributed by atoms with Crippen LogP contribution < -0.4 is 4.74 Å². The maximum absolute atomic E-state index is 12.4. The molecule has 1 aromatic rings. The molecule has 1 heterocycles. The first-order valence-corrected chi connectivity index (χ1v) is 8.76. The molecule has 1 aliphatic rings. The molecule has 1 aromatic carbocycles. The van der Waals surface area contributed by atoms with Crippen molar-refractivity contribution in [1.82, 2.24) is 9.80 Å². The number of rotatable bonds is 6. The van der Waals surface area contributed by atoms with E-state index >= 15 is 0 Å². The lowest BCUT2D eigenvalue weighted by atomic mass is 10.1. The van der Waals surface area contributed by atoms with E-state index in [2.05, 4.69) is 0 Å². The van der Waals surface area contributed by atoms with Crippen molar-refractivity contribution in [3.05, 3.63) is 29.3 Å². The van der Waals surface area contributed by atoms with Crippen molar-refractivity contribution in [2.75, 3.05) is 46.5 Å². The van der Waals surface area contributed by atoms with Gasteiger partial charge < -0.3 is 19.3 Å². The smallest absolute Gasteiger partial charge is 0.260 e. The highest BCUT2D eigenvalue weighted by atomic mass is 16.5. The van der Waals surface area contributed by atoms with E-state index in [4.69, 9.17) is 9.47 Å². The number of nitrogens with zero attached hydrogens (tertiary/aromatic N) is 2. The predicted octanol–water partition coefficient (Wildman–Crippen LogP) is 1.78. The van der Waals surface area contributed by atoms with Crippen molar-refractivity contribution < 1.29 is 19.1 Å². The van der Waals surface area contributed by atoms with Crippen molar-refractivity contribution >= 4 is 11.8 Å². The lowest BCUT2D eigenvalue weighted by Gasteiger charge is -2.22. The molecule has 6 nitrogen and oxygen atoms in total. The van der Waals surface area contributed by atoms with Gasteiger partial charge in [-0.25, -0.2) is 0 Å². The summed E-state index contributed by atoms with van der Waals surface area (Å²) in [5.74, 6) is 0.800. The molecule has 0 aromatic heterocycles. The molecule has 6 heteroatoms. The maximum Gasteiger partial charge on any atom is 0.260 e. The van der Waals surface area contributed by atoms with Crippen LogP contribution in [0, 0.1) is 13.8 Å². The van der Waals surface area contributed by atoms with Gasteiger partial charge in [0.05, 0.1) is 13.0 Å². The van der Waals surface area contributed by atoms with E-state index in [0.717, 1.165) is 23.3 Å². The van der Waals surface area contributed by atoms with Gasteiger partial charge in [0.15, 0.2) is 6.61 Å². The Morgan fingerprint density at radius 1 is 1.04 bits per heavy atom. The molecule has 0 spiro atoms. The van der Waals surface area contributed by atoms with E-state index in [-0.39, 0.29) is 18.4 Å². The van der Waals surface area contributed by atoms with Crippen LogP contribution >= 0.6 is 0 Å². The van der Waals surface area contributed by atoms with Crippen LogP contribution in [0.25, 0.3) is 0 Å². The zero-order valence-corrected chi connectivity index (χ0v) is 15.4. The van der Waals surface area contributed by atoms with Gasteiger partial charge >= 0.3 is 0 Å². The molecule has 1 saturated heterocycles. The molecule has 0 atom stereocenters. The number of amides is 2. The Kier molecular flexibility index (Phi) is 7.25. The number of hydrogen-bond acceptors (Lipinski definition) is 4. The minimum atomic E-state index is -0.0351. The second-order valence-electron chi connectivity index (χ2n) is 6.34. The van der Waals surface area contributed by atoms with Gasteiger partial charge in [0.25, 0.3) is 5.91 Å². The maximum atomic E-state index is 12.4. The van der Waals surface area contributed by atoms with Gasteiger partial charge in [0, 0.05) is 33.3 Å². The van der Waals surface area contributed by atoms with Crippen molar-refractivity contribution in [3.8, 4) is 5.75 Å². The monoisotopic (exact) mass is 348 g/mol. The predicted molar refractivity (Wildman–Crippen MR) is 95.7 cm³/mol. The minimum absolute atomic E-state index is 0.0297. The van der Waals surface area contributed by atoms with Gasteiger partial charge in [0.1, 0.15) is 5.75 Å². The van der Waals surface area contributed by atoms with Gasteiger partial charge in [-0.15, -0.1) is 0 Å². The zero-order valence-electron chi connectivity index (χ0n) is 15.4. The molecule has 0 aliphatic carbocycles. The second kappa shape index (κ2) is 9.42. The number of hydrogen-bond donors (Lipinski definition) is 0. The fourth-order valence-corrected chi connectivity index (χ4v) is 2.88. The van der Waals surface area contributed by atoms with Gasteiger partial charge in [-0.2, -0.15) is 0 Å². The van der Waals surface area contributed by atoms with Crippen molar-refractivity contribution in [2.45, 2.75) is 26.7 Å². The standard InChI is InChI=1S/C19H28N2O4/c1-15-6-4-7-17(16(15)2)25-14-19(23)21-10-5-9-20(11-12-21)18(22)8-13-24-3/h4,6-7H,5,8-14H2,1-3H3. The molecule has 25 heavy (non-hydrogen) atoms. The van der Waals surface area contributed by atoms with E-state index in [1.54, 1.807) is 12.0 Å². The molecule has 2 rings (SSSR count). The molecule has 0 saturated carbocycles. The van der Waals surface area contributed by atoms with Crippen LogP contribution in [0.1, 0.15) is 24.0 Å². The lowest BCUT2D eigenvalue weighted by molar-refractivity contribution is -0.135. The molecule has 1 fully saturated rings. The number of carbonyl (C=O) groups excluding carboxylic acids is 2. The minimum Gasteiger partial charge on any atom is -0.483 e. The van der Waals surface area contributed by atoms with Gasteiger partial charge in [0.2, 0.25) is 5.91 Å². The molecule has 0 bridgehead atoms. The van der Waals surface area contributed by atoms with Gasteiger partial charge in [-0.3, -0.25) is 9.59 Å². The third-order valence-electron chi connectivity index (χ3n) is 4.63. The molecule has 1 aliphatic heterocycles. The molecular formula is C19H28N2O4.